The molecule has 0 radical (unpaired) electrons. The lowest BCUT2D eigenvalue weighted by molar-refractivity contribution is 0.253. The molecule has 1 saturated carbocycles. The molecule has 0 bridgehead atoms. The molecule has 2 heteroatoms. The molecule has 0 spiro atoms. The van der Waals surface area contributed by atoms with Crippen LogP contribution >= 0.6 is 0 Å². The van der Waals surface area contributed by atoms with Gasteiger partial charge in [-0.05, 0) is 30.2 Å². The van der Waals surface area contributed by atoms with Crippen molar-refractivity contribution in [3.05, 3.63) is 0 Å². The molecule has 2 nitrogen and oxygen atoms in total. The van der Waals surface area contributed by atoms with Gasteiger partial charge in [0.25, 0.3) is 0 Å². The second-order valence-corrected chi connectivity index (χ2v) is 4.59. The first-order valence-corrected chi connectivity index (χ1v) is 4.44. The smallest absolute Gasteiger partial charge is 0.0110 e. The summed E-state index contributed by atoms with van der Waals surface area (Å²) in [5, 5.41) is 0. The highest BCUT2D eigenvalue weighted by Gasteiger charge is 2.43. The van der Waals surface area contributed by atoms with Gasteiger partial charge in [0, 0.05) is 6.04 Å². The van der Waals surface area contributed by atoms with Crippen molar-refractivity contribution < 1.29 is 0 Å². The molecule has 3 atom stereocenters. The normalized spacial score (nSPS) is 42.8. The number of hydrogen-bond donors (Lipinski definition) is 2. The highest BCUT2D eigenvalue weighted by atomic mass is 14.8. The summed E-state index contributed by atoms with van der Waals surface area (Å²) in [6.45, 7) is 7.50. The third-order valence-electron chi connectivity index (χ3n) is 3.23. The predicted octanol–water partition coefficient (Wildman–Crippen LogP) is 0.955. The molecule has 0 saturated heterocycles. The zero-order valence-electron chi connectivity index (χ0n) is 7.80. The maximum atomic E-state index is 6.03. The average Bonchev–Trinajstić information content (AvgIpc) is 2.03. The summed E-state index contributed by atoms with van der Waals surface area (Å²) in [5.41, 5.74) is 12.1. The molecule has 0 heterocycles. The van der Waals surface area contributed by atoms with Crippen LogP contribution in [0.2, 0.25) is 0 Å². The predicted molar refractivity (Wildman–Crippen MR) is 48.1 cm³/mol. The van der Waals surface area contributed by atoms with E-state index in [-0.39, 0.29) is 0 Å². The molecule has 4 N–H and O–H groups in total. The monoisotopic (exact) mass is 156 g/mol. The molecule has 1 fully saturated rings. The van der Waals surface area contributed by atoms with Gasteiger partial charge in [0.05, 0.1) is 0 Å². The summed E-state index contributed by atoms with van der Waals surface area (Å²) in [7, 11) is 0. The minimum Gasteiger partial charge on any atom is -0.330 e. The van der Waals surface area contributed by atoms with Crippen molar-refractivity contribution in [2.75, 3.05) is 6.54 Å². The van der Waals surface area contributed by atoms with Gasteiger partial charge in [0.2, 0.25) is 0 Å². The van der Waals surface area contributed by atoms with Crippen LogP contribution in [0.5, 0.6) is 0 Å². The van der Waals surface area contributed by atoms with E-state index in [9.17, 15) is 0 Å². The largest absolute Gasteiger partial charge is 0.330 e. The molecule has 0 aromatic rings. The van der Waals surface area contributed by atoms with Gasteiger partial charge in [-0.1, -0.05) is 20.8 Å². The molecule has 0 aromatic heterocycles. The van der Waals surface area contributed by atoms with Crippen LogP contribution in [0, 0.1) is 17.3 Å². The van der Waals surface area contributed by atoms with Crippen LogP contribution in [0.15, 0.2) is 0 Å². The fraction of sp³-hybridized carbons (Fsp3) is 1.00. The Bertz CT molecular complexity index is 142. The molecular weight excluding hydrogens is 136 g/mol. The fourth-order valence-corrected chi connectivity index (χ4v) is 2.51. The van der Waals surface area contributed by atoms with Crippen molar-refractivity contribution in [1.29, 1.82) is 0 Å². The zero-order valence-corrected chi connectivity index (χ0v) is 7.80. The lowest BCUT2D eigenvalue weighted by Gasteiger charge is -2.27. The average molecular weight is 156 g/mol. The van der Waals surface area contributed by atoms with E-state index in [4.69, 9.17) is 11.5 Å². The fourth-order valence-electron chi connectivity index (χ4n) is 2.51. The topological polar surface area (TPSA) is 52.0 Å². The Labute approximate surface area is 69.3 Å². The van der Waals surface area contributed by atoms with E-state index in [1.807, 2.05) is 0 Å². The Hall–Kier alpha value is -0.0800. The lowest BCUT2D eigenvalue weighted by Crippen LogP contribution is -2.38. The molecule has 1 aliphatic rings. The molecule has 0 aromatic carbocycles. The third-order valence-corrected chi connectivity index (χ3v) is 3.23. The molecule has 1 rings (SSSR count). The quantitative estimate of drug-likeness (QED) is 0.594. The van der Waals surface area contributed by atoms with Gasteiger partial charge in [-0.25, -0.2) is 0 Å². The van der Waals surface area contributed by atoms with Crippen LogP contribution in [-0.2, 0) is 0 Å². The van der Waals surface area contributed by atoms with Crippen LogP contribution in [0.1, 0.15) is 27.2 Å². The first-order valence-electron chi connectivity index (χ1n) is 4.44. The van der Waals surface area contributed by atoms with Gasteiger partial charge in [0.15, 0.2) is 0 Å². The van der Waals surface area contributed by atoms with E-state index in [0.717, 1.165) is 6.54 Å². The lowest BCUT2D eigenvalue weighted by atomic mass is 9.81. The van der Waals surface area contributed by atoms with E-state index in [0.29, 0.717) is 23.3 Å². The van der Waals surface area contributed by atoms with Crippen LogP contribution in [0.4, 0.5) is 0 Å². The van der Waals surface area contributed by atoms with Crippen molar-refractivity contribution in [2.45, 2.75) is 33.2 Å². The molecule has 11 heavy (non-hydrogen) atoms. The highest BCUT2D eigenvalue weighted by molar-refractivity contribution is 4.97. The van der Waals surface area contributed by atoms with E-state index in [1.54, 1.807) is 0 Å². The van der Waals surface area contributed by atoms with Crippen molar-refractivity contribution >= 4 is 0 Å². The van der Waals surface area contributed by atoms with Crippen molar-refractivity contribution in [3.8, 4) is 0 Å². The van der Waals surface area contributed by atoms with E-state index in [2.05, 4.69) is 20.8 Å². The molecule has 1 aliphatic carbocycles. The summed E-state index contributed by atoms with van der Waals surface area (Å²) >= 11 is 0. The maximum Gasteiger partial charge on any atom is 0.0110 e. The Morgan fingerprint density at radius 2 is 2.00 bits per heavy atom. The number of nitrogens with two attached hydrogens (primary N) is 2. The van der Waals surface area contributed by atoms with Gasteiger partial charge in [-0.15, -0.1) is 0 Å². The molecule has 66 valence electrons. The summed E-state index contributed by atoms with van der Waals surface area (Å²) in [6, 6.07) is 0.315. The minimum atomic E-state index is 0.315. The summed E-state index contributed by atoms with van der Waals surface area (Å²) in [5.74, 6) is 1.15. The molecular formula is C9H20N2. The standard InChI is InChI=1S/C9H20N2/c1-6-4-9(2,3)7(5-10)8(6)11/h6-8H,4-5,10-11H2,1-3H3/t6-,7+,8+/m0/s1. The Morgan fingerprint density at radius 3 is 2.18 bits per heavy atom. The Kier molecular flexibility index (Phi) is 2.26. The van der Waals surface area contributed by atoms with Gasteiger partial charge in [-0.3, -0.25) is 0 Å². The first-order chi connectivity index (χ1) is 4.99. The minimum absolute atomic E-state index is 0.315. The zero-order chi connectivity index (χ0) is 8.65. The summed E-state index contributed by atoms with van der Waals surface area (Å²) < 4.78 is 0. The van der Waals surface area contributed by atoms with E-state index < -0.39 is 0 Å². The molecule has 0 aliphatic heterocycles. The van der Waals surface area contributed by atoms with Crippen molar-refractivity contribution in [3.63, 3.8) is 0 Å². The van der Waals surface area contributed by atoms with Crippen LogP contribution in [-0.4, -0.2) is 12.6 Å². The first kappa shape index (κ1) is 9.01. The van der Waals surface area contributed by atoms with Crippen LogP contribution in [0.25, 0.3) is 0 Å². The van der Waals surface area contributed by atoms with Gasteiger partial charge in [0.1, 0.15) is 0 Å². The second-order valence-electron chi connectivity index (χ2n) is 4.59. The van der Waals surface area contributed by atoms with Crippen LogP contribution < -0.4 is 11.5 Å². The van der Waals surface area contributed by atoms with Crippen LogP contribution in [0.3, 0.4) is 0 Å². The van der Waals surface area contributed by atoms with E-state index in [1.165, 1.54) is 6.42 Å². The van der Waals surface area contributed by atoms with Gasteiger partial charge >= 0.3 is 0 Å². The third kappa shape index (κ3) is 1.42. The molecule has 0 unspecified atom stereocenters. The highest BCUT2D eigenvalue weighted by Crippen LogP contribution is 2.44. The summed E-state index contributed by atoms with van der Waals surface area (Å²) in [6.07, 6.45) is 1.22. The number of rotatable bonds is 1. The van der Waals surface area contributed by atoms with Gasteiger partial charge < -0.3 is 11.5 Å². The Balaban J connectivity index is 2.73. The number of hydrogen-bond acceptors (Lipinski definition) is 2. The van der Waals surface area contributed by atoms with E-state index >= 15 is 0 Å². The summed E-state index contributed by atoms with van der Waals surface area (Å²) in [4.78, 5) is 0. The SMILES string of the molecule is C[C@H]1CC(C)(C)[C@H](CN)[C@@H]1N. The Morgan fingerprint density at radius 1 is 1.45 bits per heavy atom. The van der Waals surface area contributed by atoms with Crippen molar-refractivity contribution in [2.24, 2.45) is 28.7 Å². The molecule has 0 amide bonds. The van der Waals surface area contributed by atoms with Crippen molar-refractivity contribution in [1.82, 2.24) is 0 Å². The second kappa shape index (κ2) is 2.76. The maximum absolute atomic E-state index is 6.03. The van der Waals surface area contributed by atoms with Gasteiger partial charge in [-0.2, -0.15) is 0 Å².